The molecule has 0 aliphatic carbocycles. The Balaban J connectivity index is 1.28. The molecule has 2 aromatic heterocycles. The van der Waals surface area contributed by atoms with Crippen molar-refractivity contribution in [2.24, 2.45) is 0 Å². The third kappa shape index (κ3) is 4.83. The van der Waals surface area contributed by atoms with Gasteiger partial charge in [-0.2, -0.15) is 5.10 Å². The smallest absolute Gasteiger partial charge is 0.238 e. The first kappa shape index (κ1) is 21.1. The Morgan fingerprint density at radius 2 is 1.44 bits per heavy atom. The Morgan fingerprint density at radius 3 is 2.00 bits per heavy atom. The highest BCUT2D eigenvalue weighted by molar-refractivity contribution is 5.98. The van der Waals surface area contributed by atoms with E-state index in [1.54, 1.807) is 53.5 Å². The van der Waals surface area contributed by atoms with Gasteiger partial charge in [-0.25, -0.2) is 4.68 Å². The van der Waals surface area contributed by atoms with Crippen LogP contribution in [-0.4, -0.2) is 25.9 Å². The van der Waals surface area contributed by atoms with Gasteiger partial charge in [0.1, 0.15) is 5.75 Å². The Hall–Kier alpha value is -4.78. The van der Waals surface area contributed by atoms with E-state index in [9.17, 15) is 4.79 Å². The Labute approximate surface area is 196 Å². The number of carbonyl (C=O) groups is 1. The topological polar surface area (TPSA) is 81.9 Å². The summed E-state index contributed by atoms with van der Waals surface area (Å²) in [4.78, 5) is 13.3. The van der Waals surface area contributed by atoms with Gasteiger partial charge in [0.2, 0.25) is 11.8 Å². The van der Waals surface area contributed by atoms with Crippen LogP contribution in [0.3, 0.4) is 0 Å². The molecular formula is C27H21N5O2. The van der Waals surface area contributed by atoms with Crippen molar-refractivity contribution in [2.45, 2.75) is 5.92 Å². The summed E-state index contributed by atoms with van der Waals surface area (Å²) in [5.74, 6) is 1.03. The highest BCUT2D eigenvalue weighted by Crippen LogP contribution is 2.27. The average Bonchev–Trinajstić information content (AvgIpc) is 3.42. The van der Waals surface area contributed by atoms with E-state index in [1.807, 2.05) is 66.7 Å². The zero-order valence-electron chi connectivity index (χ0n) is 18.2. The molecule has 0 aliphatic heterocycles. The number of rotatable bonds is 7. The van der Waals surface area contributed by atoms with E-state index >= 15 is 0 Å². The van der Waals surface area contributed by atoms with Crippen LogP contribution in [0.5, 0.6) is 11.6 Å². The zero-order valence-corrected chi connectivity index (χ0v) is 18.2. The minimum Gasteiger partial charge on any atom is -0.438 e. The molecule has 7 heteroatoms. The number of ether oxygens (including phenoxy) is 1. The van der Waals surface area contributed by atoms with Crippen molar-refractivity contribution >= 4 is 11.6 Å². The van der Waals surface area contributed by atoms with Crippen LogP contribution in [0.25, 0.3) is 5.82 Å². The molecular weight excluding hydrogens is 426 g/mol. The Bertz CT molecular complexity index is 1300. The van der Waals surface area contributed by atoms with Crippen LogP contribution in [0.15, 0.2) is 116 Å². The summed E-state index contributed by atoms with van der Waals surface area (Å²) in [5.41, 5.74) is 2.54. The first-order valence-corrected chi connectivity index (χ1v) is 10.8. The van der Waals surface area contributed by atoms with Crippen molar-refractivity contribution in [3.05, 3.63) is 127 Å². The molecule has 0 unspecified atom stereocenters. The fourth-order valence-corrected chi connectivity index (χ4v) is 3.62. The number of carbonyl (C=O) groups excluding carboxylic acids is 1. The van der Waals surface area contributed by atoms with Crippen LogP contribution >= 0.6 is 0 Å². The van der Waals surface area contributed by atoms with Crippen molar-refractivity contribution < 1.29 is 9.53 Å². The monoisotopic (exact) mass is 447 g/mol. The van der Waals surface area contributed by atoms with Gasteiger partial charge < -0.3 is 10.1 Å². The lowest BCUT2D eigenvalue weighted by Gasteiger charge is -2.18. The van der Waals surface area contributed by atoms with Gasteiger partial charge in [-0.1, -0.05) is 60.7 Å². The molecule has 166 valence electrons. The van der Waals surface area contributed by atoms with E-state index in [0.29, 0.717) is 23.1 Å². The average molecular weight is 447 g/mol. The van der Waals surface area contributed by atoms with Gasteiger partial charge in [0, 0.05) is 24.1 Å². The lowest BCUT2D eigenvalue weighted by Crippen LogP contribution is -2.22. The largest absolute Gasteiger partial charge is 0.438 e. The summed E-state index contributed by atoms with van der Waals surface area (Å²) >= 11 is 0. The summed E-state index contributed by atoms with van der Waals surface area (Å²) in [6.07, 6.45) is 3.46. The molecule has 0 spiro atoms. The maximum absolute atomic E-state index is 13.3. The standard InChI is InChI=1S/C27H21N5O2/c33-27(26(20-8-3-1-4-9-20)21-10-5-2-6-11-21)29-22-12-14-23(15-13-22)34-25-17-16-24(30-31-25)32-19-7-18-28-32/h1-19,26H,(H,29,33). The molecule has 0 atom stereocenters. The SMILES string of the molecule is O=C(Nc1ccc(Oc2ccc(-n3cccn3)nn2)cc1)C(c1ccccc1)c1ccccc1. The number of nitrogens with zero attached hydrogens (tertiary/aromatic N) is 4. The maximum Gasteiger partial charge on any atom is 0.238 e. The van der Waals surface area contributed by atoms with Crippen molar-refractivity contribution in [3.8, 4) is 17.4 Å². The predicted octanol–water partition coefficient (Wildman–Crippen LogP) is 5.23. The zero-order chi connectivity index (χ0) is 23.2. The van der Waals surface area contributed by atoms with Crippen LogP contribution in [0.4, 0.5) is 5.69 Å². The number of benzene rings is 3. The molecule has 5 rings (SSSR count). The van der Waals surface area contributed by atoms with Crippen LogP contribution in [0.2, 0.25) is 0 Å². The summed E-state index contributed by atoms with van der Waals surface area (Å²) in [7, 11) is 0. The second-order valence-corrected chi connectivity index (χ2v) is 7.55. The highest BCUT2D eigenvalue weighted by atomic mass is 16.5. The third-order valence-corrected chi connectivity index (χ3v) is 5.24. The summed E-state index contributed by atoms with van der Waals surface area (Å²) in [6.45, 7) is 0. The minimum absolute atomic E-state index is 0.105. The molecule has 1 amide bonds. The molecule has 34 heavy (non-hydrogen) atoms. The summed E-state index contributed by atoms with van der Waals surface area (Å²) < 4.78 is 7.40. The highest BCUT2D eigenvalue weighted by Gasteiger charge is 2.22. The van der Waals surface area contributed by atoms with Crippen LogP contribution in [-0.2, 0) is 4.79 Å². The Kier molecular flexibility index (Phi) is 6.07. The van der Waals surface area contributed by atoms with Gasteiger partial charge in [0.25, 0.3) is 0 Å². The first-order valence-electron chi connectivity index (χ1n) is 10.8. The van der Waals surface area contributed by atoms with E-state index in [0.717, 1.165) is 11.1 Å². The Morgan fingerprint density at radius 1 is 0.765 bits per heavy atom. The van der Waals surface area contributed by atoms with E-state index in [2.05, 4.69) is 20.6 Å². The van der Waals surface area contributed by atoms with Gasteiger partial charge in [-0.05, 0) is 47.5 Å². The number of hydrogen-bond donors (Lipinski definition) is 1. The summed E-state index contributed by atoms with van der Waals surface area (Å²) in [6, 6.07) is 32.0. The second kappa shape index (κ2) is 9.79. The third-order valence-electron chi connectivity index (χ3n) is 5.24. The number of hydrogen-bond acceptors (Lipinski definition) is 5. The van der Waals surface area contributed by atoms with E-state index in [1.165, 1.54) is 0 Å². The molecule has 2 heterocycles. The molecule has 7 nitrogen and oxygen atoms in total. The lowest BCUT2D eigenvalue weighted by molar-refractivity contribution is -0.116. The molecule has 1 N–H and O–H groups in total. The molecule has 0 saturated heterocycles. The predicted molar refractivity (Wildman–Crippen MR) is 129 cm³/mol. The van der Waals surface area contributed by atoms with Crippen LogP contribution in [0.1, 0.15) is 17.0 Å². The number of aromatic nitrogens is 4. The molecule has 0 aliphatic rings. The molecule has 0 bridgehead atoms. The molecule has 5 aromatic rings. The van der Waals surface area contributed by atoms with E-state index in [-0.39, 0.29) is 5.91 Å². The minimum atomic E-state index is -0.415. The van der Waals surface area contributed by atoms with Gasteiger partial charge in [0.05, 0.1) is 5.92 Å². The first-order chi connectivity index (χ1) is 16.8. The second-order valence-electron chi connectivity index (χ2n) is 7.55. The van der Waals surface area contributed by atoms with Gasteiger partial charge in [-0.3, -0.25) is 4.79 Å². The lowest BCUT2D eigenvalue weighted by atomic mass is 9.90. The molecule has 0 fully saturated rings. The molecule has 3 aromatic carbocycles. The fourth-order valence-electron chi connectivity index (χ4n) is 3.62. The maximum atomic E-state index is 13.3. The molecule has 0 saturated carbocycles. The van der Waals surface area contributed by atoms with Gasteiger partial charge >= 0.3 is 0 Å². The van der Waals surface area contributed by atoms with E-state index in [4.69, 9.17) is 4.74 Å². The quantitative estimate of drug-likeness (QED) is 0.370. The van der Waals surface area contributed by atoms with Crippen LogP contribution in [0, 0.1) is 0 Å². The number of anilines is 1. The summed E-state index contributed by atoms with van der Waals surface area (Å²) in [5, 5.41) is 15.4. The van der Waals surface area contributed by atoms with Gasteiger partial charge in [-0.15, -0.1) is 10.2 Å². The van der Waals surface area contributed by atoms with E-state index < -0.39 is 5.92 Å². The van der Waals surface area contributed by atoms with Gasteiger partial charge in [0.15, 0.2) is 5.82 Å². The number of amides is 1. The van der Waals surface area contributed by atoms with Crippen molar-refractivity contribution in [3.63, 3.8) is 0 Å². The normalized spacial score (nSPS) is 10.7. The number of nitrogens with one attached hydrogen (secondary N) is 1. The van der Waals surface area contributed by atoms with Crippen molar-refractivity contribution in [1.82, 2.24) is 20.0 Å². The fraction of sp³-hybridized carbons (Fsp3) is 0.0370. The molecule has 0 radical (unpaired) electrons. The van der Waals surface area contributed by atoms with Crippen molar-refractivity contribution in [2.75, 3.05) is 5.32 Å². The van der Waals surface area contributed by atoms with Crippen LogP contribution < -0.4 is 10.1 Å². The van der Waals surface area contributed by atoms with Crippen molar-refractivity contribution in [1.29, 1.82) is 0 Å².